The van der Waals surface area contributed by atoms with Gasteiger partial charge in [-0.1, -0.05) is 25.5 Å². The van der Waals surface area contributed by atoms with E-state index in [1.165, 1.54) is 12.0 Å². The second kappa shape index (κ2) is 4.97. The van der Waals surface area contributed by atoms with Gasteiger partial charge >= 0.3 is 0 Å². The first kappa shape index (κ1) is 10.2. The molecule has 0 radical (unpaired) electrons. The third-order valence-electron chi connectivity index (χ3n) is 1.72. The van der Waals surface area contributed by atoms with Gasteiger partial charge in [0.1, 0.15) is 5.75 Å². The van der Waals surface area contributed by atoms with Crippen LogP contribution in [-0.4, -0.2) is 5.05 Å². The van der Waals surface area contributed by atoms with Crippen LogP contribution in [0.15, 0.2) is 24.3 Å². The predicted octanol–water partition coefficient (Wildman–Crippen LogP) is 3.37. The minimum atomic E-state index is 0.559. The number of thiocarbonyl (C=S) groups is 1. The van der Waals surface area contributed by atoms with Gasteiger partial charge in [-0.3, -0.25) is 0 Å². The fraction of sp³-hybridized carbons (Fsp3) is 0.364. The van der Waals surface area contributed by atoms with Crippen molar-refractivity contribution in [1.82, 2.24) is 0 Å². The monoisotopic (exact) mass is 194 g/mol. The third-order valence-corrected chi connectivity index (χ3v) is 1.81. The molecule has 1 aromatic carbocycles. The van der Waals surface area contributed by atoms with Crippen LogP contribution in [-0.2, 0) is 6.42 Å². The van der Waals surface area contributed by atoms with Crippen molar-refractivity contribution in [2.45, 2.75) is 26.7 Å². The standard InChI is InChI=1S/C11H14OS/c1-3-4-10-5-7-11(8-6-10)12-9(2)13/h5-8H,3-4H2,1-2H3. The Morgan fingerprint density at radius 2 is 1.92 bits per heavy atom. The molecule has 0 saturated carbocycles. The SMILES string of the molecule is CCCc1ccc(OC(C)=S)cc1. The summed E-state index contributed by atoms with van der Waals surface area (Å²) in [5.74, 6) is 0.826. The Balaban J connectivity index is 2.64. The highest BCUT2D eigenvalue weighted by molar-refractivity contribution is 7.80. The molecule has 0 saturated heterocycles. The van der Waals surface area contributed by atoms with Gasteiger partial charge in [0.05, 0.1) is 0 Å². The Labute approximate surface area is 84.7 Å². The van der Waals surface area contributed by atoms with E-state index in [1.54, 1.807) is 6.92 Å². The fourth-order valence-corrected chi connectivity index (χ4v) is 1.28. The number of ether oxygens (including phenoxy) is 1. The van der Waals surface area contributed by atoms with E-state index in [4.69, 9.17) is 17.0 Å². The van der Waals surface area contributed by atoms with E-state index in [0.717, 1.165) is 12.2 Å². The lowest BCUT2D eigenvalue weighted by molar-refractivity contribution is 0.561. The van der Waals surface area contributed by atoms with Crippen LogP contribution >= 0.6 is 12.2 Å². The van der Waals surface area contributed by atoms with Gasteiger partial charge in [0, 0.05) is 6.92 Å². The summed E-state index contributed by atoms with van der Waals surface area (Å²) in [4.78, 5) is 0. The summed E-state index contributed by atoms with van der Waals surface area (Å²) < 4.78 is 5.28. The van der Waals surface area contributed by atoms with Crippen LogP contribution in [0.25, 0.3) is 0 Å². The number of aryl methyl sites for hydroxylation is 1. The van der Waals surface area contributed by atoms with Crippen LogP contribution in [0.3, 0.4) is 0 Å². The molecule has 0 fully saturated rings. The molecular formula is C11H14OS. The molecule has 0 N–H and O–H groups in total. The molecule has 0 amide bonds. The maximum Gasteiger partial charge on any atom is 0.164 e. The normalized spacial score (nSPS) is 9.69. The van der Waals surface area contributed by atoms with Gasteiger partial charge in [-0.05, 0) is 36.3 Å². The molecule has 1 aromatic rings. The summed E-state index contributed by atoms with van der Waals surface area (Å²) in [7, 11) is 0. The molecule has 70 valence electrons. The highest BCUT2D eigenvalue weighted by Crippen LogP contribution is 2.13. The number of benzene rings is 1. The van der Waals surface area contributed by atoms with Crippen LogP contribution in [0.2, 0.25) is 0 Å². The van der Waals surface area contributed by atoms with E-state index in [1.807, 2.05) is 12.1 Å². The fourth-order valence-electron chi connectivity index (χ4n) is 1.18. The molecule has 0 atom stereocenters. The van der Waals surface area contributed by atoms with E-state index in [-0.39, 0.29) is 0 Å². The number of rotatable bonds is 3. The maximum absolute atomic E-state index is 5.28. The van der Waals surface area contributed by atoms with Crippen molar-refractivity contribution >= 4 is 17.3 Å². The largest absolute Gasteiger partial charge is 0.451 e. The Morgan fingerprint density at radius 3 is 2.38 bits per heavy atom. The molecule has 0 aliphatic carbocycles. The van der Waals surface area contributed by atoms with Crippen LogP contribution < -0.4 is 4.74 Å². The number of hydrogen-bond donors (Lipinski definition) is 0. The lowest BCUT2D eigenvalue weighted by Crippen LogP contribution is -1.98. The third kappa shape index (κ3) is 3.55. The quantitative estimate of drug-likeness (QED) is 0.682. The Kier molecular flexibility index (Phi) is 3.90. The highest BCUT2D eigenvalue weighted by Gasteiger charge is 1.95. The van der Waals surface area contributed by atoms with Crippen molar-refractivity contribution in [3.63, 3.8) is 0 Å². The first-order chi connectivity index (χ1) is 6.22. The van der Waals surface area contributed by atoms with E-state index >= 15 is 0 Å². The molecule has 0 bridgehead atoms. The van der Waals surface area contributed by atoms with Gasteiger partial charge in [-0.25, -0.2) is 0 Å². The van der Waals surface area contributed by atoms with E-state index < -0.39 is 0 Å². The van der Waals surface area contributed by atoms with E-state index in [9.17, 15) is 0 Å². The maximum atomic E-state index is 5.28. The lowest BCUT2D eigenvalue weighted by atomic mass is 10.1. The minimum Gasteiger partial charge on any atom is -0.451 e. The second-order valence-corrected chi connectivity index (χ2v) is 3.56. The molecule has 0 heterocycles. The lowest BCUT2D eigenvalue weighted by Gasteiger charge is -2.03. The molecule has 1 rings (SSSR count). The van der Waals surface area contributed by atoms with Gasteiger partial charge in [0.2, 0.25) is 0 Å². The first-order valence-corrected chi connectivity index (χ1v) is 4.90. The first-order valence-electron chi connectivity index (χ1n) is 4.49. The van der Waals surface area contributed by atoms with Crippen molar-refractivity contribution < 1.29 is 4.74 Å². The van der Waals surface area contributed by atoms with Crippen LogP contribution in [0, 0.1) is 0 Å². The average Bonchev–Trinajstić information content (AvgIpc) is 2.08. The van der Waals surface area contributed by atoms with Gasteiger partial charge in [0.25, 0.3) is 0 Å². The topological polar surface area (TPSA) is 9.23 Å². The molecule has 13 heavy (non-hydrogen) atoms. The summed E-state index contributed by atoms with van der Waals surface area (Å²) in [5, 5.41) is 0.559. The van der Waals surface area contributed by atoms with Crippen molar-refractivity contribution in [1.29, 1.82) is 0 Å². The zero-order valence-electron chi connectivity index (χ0n) is 8.04. The molecule has 0 aliphatic rings. The predicted molar refractivity (Wildman–Crippen MR) is 59.3 cm³/mol. The molecule has 2 heteroatoms. The Morgan fingerprint density at radius 1 is 1.31 bits per heavy atom. The van der Waals surface area contributed by atoms with Gasteiger partial charge < -0.3 is 4.74 Å². The zero-order chi connectivity index (χ0) is 9.68. The van der Waals surface area contributed by atoms with Gasteiger partial charge in [0.15, 0.2) is 5.05 Å². The molecule has 0 aliphatic heterocycles. The smallest absolute Gasteiger partial charge is 0.164 e. The summed E-state index contributed by atoms with van der Waals surface area (Å²) >= 11 is 4.84. The van der Waals surface area contributed by atoms with Gasteiger partial charge in [-0.2, -0.15) is 0 Å². The molecule has 0 unspecified atom stereocenters. The summed E-state index contributed by atoms with van der Waals surface area (Å²) in [5.41, 5.74) is 1.34. The minimum absolute atomic E-state index is 0.559. The van der Waals surface area contributed by atoms with Crippen molar-refractivity contribution in [3.05, 3.63) is 29.8 Å². The highest BCUT2D eigenvalue weighted by atomic mass is 32.1. The second-order valence-electron chi connectivity index (χ2n) is 2.99. The van der Waals surface area contributed by atoms with Crippen LogP contribution in [0.5, 0.6) is 5.75 Å². The van der Waals surface area contributed by atoms with E-state index in [0.29, 0.717) is 5.05 Å². The Bertz CT molecular complexity index is 277. The summed E-state index contributed by atoms with van der Waals surface area (Å²) in [6.45, 7) is 3.95. The van der Waals surface area contributed by atoms with Crippen molar-refractivity contribution in [3.8, 4) is 5.75 Å². The van der Waals surface area contributed by atoms with Crippen molar-refractivity contribution in [2.24, 2.45) is 0 Å². The van der Waals surface area contributed by atoms with Crippen LogP contribution in [0.4, 0.5) is 0 Å². The zero-order valence-corrected chi connectivity index (χ0v) is 8.86. The van der Waals surface area contributed by atoms with Gasteiger partial charge in [-0.15, -0.1) is 0 Å². The van der Waals surface area contributed by atoms with Crippen molar-refractivity contribution in [2.75, 3.05) is 0 Å². The Hall–Kier alpha value is -0.890. The van der Waals surface area contributed by atoms with E-state index in [2.05, 4.69) is 19.1 Å². The molecular weight excluding hydrogens is 180 g/mol. The number of hydrogen-bond acceptors (Lipinski definition) is 2. The average molecular weight is 194 g/mol. The molecule has 0 spiro atoms. The van der Waals surface area contributed by atoms with Crippen LogP contribution in [0.1, 0.15) is 25.8 Å². The summed E-state index contributed by atoms with van der Waals surface area (Å²) in [6.07, 6.45) is 2.29. The molecule has 1 nitrogen and oxygen atoms in total. The summed E-state index contributed by atoms with van der Waals surface area (Å²) in [6, 6.07) is 8.08. The molecule has 0 aromatic heterocycles.